The van der Waals surface area contributed by atoms with Crippen molar-refractivity contribution in [2.24, 2.45) is 0 Å². The van der Waals surface area contributed by atoms with Crippen LogP contribution in [0, 0.1) is 0 Å². The van der Waals surface area contributed by atoms with E-state index in [1.165, 1.54) is 23.3 Å². The van der Waals surface area contributed by atoms with Crippen LogP contribution in [0.15, 0.2) is 53.4 Å². The molecule has 1 N–H and O–H groups in total. The van der Waals surface area contributed by atoms with Gasteiger partial charge in [-0.25, -0.2) is 4.98 Å². The summed E-state index contributed by atoms with van der Waals surface area (Å²) in [6.45, 7) is 0.180. The fraction of sp³-hybridized carbons (Fsp3) is 0.190. The van der Waals surface area contributed by atoms with Gasteiger partial charge in [0.15, 0.2) is 0 Å². The summed E-state index contributed by atoms with van der Waals surface area (Å²) >= 11 is 7.47. The first-order valence-corrected chi connectivity index (χ1v) is 10.3. The SMILES string of the molecule is COc1ccc(Cl)cc1NC(=O)CN(C)C(=O)c1cccc(OCc2cscn2)c1. The zero-order chi connectivity index (χ0) is 21.5. The quantitative estimate of drug-likeness (QED) is 0.564. The van der Waals surface area contributed by atoms with Crippen LogP contribution in [0.5, 0.6) is 11.5 Å². The van der Waals surface area contributed by atoms with E-state index >= 15 is 0 Å². The van der Waals surface area contributed by atoms with E-state index in [4.69, 9.17) is 21.1 Å². The molecule has 0 bridgehead atoms. The van der Waals surface area contributed by atoms with Crippen molar-refractivity contribution in [2.75, 3.05) is 26.0 Å². The van der Waals surface area contributed by atoms with Crippen molar-refractivity contribution >= 4 is 40.4 Å². The first-order chi connectivity index (χ1) is 14.5. The van der Waals surface area contributed by atoms with Crippen molar-refractivity contribution in [1.82, 2.24) is 9.88 Å². The Morgan fingerprint density at radius 2 is 2.07 bits per heavy atom. The predicted octanol–water partition coefficient (Wildman–Crippen LogP) is 4.09. The topological polar surface area (TPSA) is 80.8 Å². The number of nitrogens with zero attached hydrogens (tertiary/aromatic N) is 2. The number of benzene rings is 2. The number of carbonyl (C=O) groups excluding carboxylic acids is 2. The van der Waals surface area contributed by atoms with Gasteiger partial charge < -0.3 is 19.7 Å². The summed E-state index contributed by atoms with van der Waals surface area (Å²) in [7, 11) is 3.05. The van der Waals surface area contributed by atoms with Crippen LogP contribution in [0.3, 0.4) is 0 Å². The number of thiazole rings is 1. The van der Waals surface area contributed by atoms with E-state index in [0.29, 0.717) is 34.4 Å². The second-order valence-electron chi connectivity index (χ2n) is 6.35. The van der Waals surface area contributed by atoms with Gasteiger partial charge in [-0.2, -0.15) is 0 Å². The third-order valence-corrected chi connectivity index (χ3v) is 4.98. The molecule has 0 unspecified atom stereocenters. The normalized spacial score (nSPS) is 10.4. The molecule has 1 heterocycles. The van der Waals surface area contributed by atoms with E-state index < -0.39 is 0 Å². The van der Waals surface area contributed by atoms with Gasteiger partial charge in [-0.15, -0.1) is 11.3 Å². The number of anilines is 1. The maximum Gasteiger partial charge on any atom is 0.254 e. The molecule has 0 aliphatic carbocycles. The average molecular weight is 446 g/mol. The Morgan fingerprint density at radius 1 is 1.23 bits per heavy atom. The van der Waals surface area contributed by atoms with Gasteiger partial charge >= 0.3 is 0 Å². The number of methoxy groups -OCH3 is 1. The predicted molar refractivity (Wildman–Crippen MR) is 116 cm³/mol. The monoisotopic (exact) mass is 445 g/mol. The van der Waals surface area contributed by atoms with Crippen molar-refractivity contribution in [3.8, 4) is 11.5 Å². The molecule has 0 aliphatic heterocycles. The lowest BCUT2D eigenvalue weighted by atomic mass is 10.2. The number of nitrogens with one attached hydrogen (secondary N) is 1. The molecule has 3 rings (SSSR count). The molecular formula is C21H20ClN3O4S. The third-order valence-electron chi connectivity index (χ3n) is 4.11. The van der Waals surface area contributed by atoms with E-state index in [0.717, 1.165) is 5.69 Å². The van der Waals surface area contributed by atoms with Gasteiger partial charge in [-0.3, -0.25) is 9.59 Å². The Hall–Kier alpha value is -3.10. The molecule has 7 nitrogen and oxygen atoms in total. The maximum absolute atomic E-state index is 12.7. The zero-order valence-corrected chi connectivity index (χ0v) is 18.0. The number of rotatable bonds is 8. The molecule has 0 aliphatic rings. The fourth-order valence-electron chi connectivity index (χ4n) is 2.66. The summed E-state index contributed by atoms with van der Waals surface area (Å²) < 4.78 is 10.9. The Kier molecular flexibility index (Phi) is 7.26. The van der Waals surface area contributed by atoms with E-state index in [2.05, 4.69) is 10.3 Å². The van der Waals surface area contributed by atoms with Crippen molar-refractivity contribution in [3.05, 3.63) is 69.6 Å². The van der Waals surface area contributed by atoms with Gasteiger partial charge in [0.2, 0.25) is 5.91 Å². The molecule has 0 radical (unpaired) electrons. The summed E-state index contributed by atoms with van der Waals surface area (Å²) in [5.74, 6) is 0.353. The second-order valence-corrected chi connectivity index (χ2v) is 7.51. The summed E-state index contributed by atoms with van der Waals surface area (Å²) in [5, 5.41) is 5.08. The Balaban J connectivity index is 1.60. The standard InChI is InChI=1S/C21H20ClN3O4S/c1-25(10-20(26)24-18-9-15(22)6-7-19(18)28-2)21(27)14-4-3-5-17(8-14)29-11-16-12-30-13-23-16/h3-9,12-13H,10-11H2,1-2H3,(H,24,26). The lowest BCUT2D eigenvalue weighted by Gasteiger charge is -2.18. The molecule has 9 heteroatoms. The number of halogens is 1. The minimum absolute atomic E-state index is 0.140. The van der Waals surface area contributed by atoms with Gasteiger partial charge in [-0.05, 0) is 36.4 Å². The van der Waals surface area contributed by atoms with Crippen molar-refractivity contribution in [1.29, 1.82) is 0 Å². The van der Waals surface area contributed by atoms with E-state index in [1.54, 1.807) is 55.0 Å². The van der Waals surface area contributed by atoms with Gasteiger partial charge in [0, 0.05) is 23.0 Å². The molecule has 1 aromatic heterocycles. The Labute approximate surface area is 183 Å². The molecule has 2 amide bonds. The lowest BCUT2D eigenvalue weighted by molar-refractivity contribution is -0.116. The van der Waals surface area contributed by atoms with Crippen molar-refractivity contribution in [2.45, 2.75) is 6.61 Å². The number of likely N-dealkylation sites (N-methyl/N-ethyl adjacent to an activating group) is 1. The molecule has 0 spiro atoms. The van der Waals surface area contributed by atoms with Gasteiger partial charge in [-0.1, -0.05) is 17.7 Å². The largest absolute Gasteiger partial charge is 0.495 e. The van der Waals surface area contributed by atoms with Gasteiger partial charge in [0.1, 0.15) is 18.1 Å². The summed E-state index contributed by atoms with van der Waals surface area (Å²) in [6, 6.07) is 11.7. The van der Waals surface area contributed by atoms with E-state index in [9.17, 15) is 9.59 Å². The number of amides is 2. The summed E-state index contributed by atoms with van der Waals surface area (Å²) in [5.41, 5.74) is 3.41. The number of carbonyl (C=O) groups is 2. The van der Waals surface area contributed by atoms with Crippen molar-refractivity contribution < 1.29 is 19.1 Å². The van der Waals surface area contributed by atoms with Crippen LogP contribution in [0.4, 0.5) is 5.69 Å². The Morgan fingerprint density at radius 3 is 2.80 bits per heavy atom. The van der Waals surface area contributed by atoms with Crippen LogP contribution in [0.1, 0.15) is 16.1 Å². The van der Waals surface area contributed by atoms with Crippen LogP contribution in [-0.2, 0) is 11.4 Å². The molecule has 0 saturated carbocycles. The maximum atomic E-state index is 12.7. The molecule has 3 aromatic rings. The van der Waals surface area contributed by atoms with Gasteiger partial charge in [0.25, 0.3) is 5.91 Å². The van der Waals surface area contributed by atoms with Gasteiger partial charge in [0.05, 0.1) is 30.5 Å². The summed E-state index contributed by atoms with van der Waals surface area (Å²) in [4.78, 5) is 30.6. The first-order valence-electron chi connectivity index (χ1n) is 8.95. The fourth-order valence-corrected chi connectivity index (χ4v) is 3.38. The number of hydrogen-bond donors (Lipinski definition) is 1. The molecule has 0 atom stereocenters. The zero-order valence-electron chi connectivity index (χ0n) is 16.4. The van der Waals surface area contributed by atoms with E-state index in [1.807, 2.05) is 5.38 Å². The molecule has 2 aromatic carbocycles. The molecular weight excluding hydrogens is 426 g/mol. The number of ether oxygens (including phenoxy) is 2. The lowest BCUT2D eigenvalue weighted by Crippen LogP contribution is -2.35. The summed E-state index contributed by atoms with van der Waals surface area (Å²) in [6.07, 6.45) is 0. The number of aromatic nitrogens is 1. The third kappa shape index (κ3) is 5.71. The van der Waals surface area contributed by atoms with Crippen LogP contribution < -0.4 is 14.8 Å². The Bertz CT molecular complexity index is 1030. The first kappa shape index (κ1) is 21.6. The highest BCUT2D eigenvalue weighted by Crippen LogP contribution is 2.27. The minimum Gasteiger partial charge on any atom is -0.495 e. The number of hydrogen-bond acceptors (Lipinski definition) is 6. The molecule has 30 heavy (non-hydrogen) atoms. The minimum atomic E-state index is -0.373. The van der Waals surface area contributed by atoms with Crippen LogP contribution in [0.25, 0.3) is 0 Å². The highest BCUT2D eigenvalue weighted by Gasteiger charge is 2.17. The van der Waals surface area contributed by atoms with Crippen LogP contribution >= 0.6 is 22.9 Å². The highest BCUT2D eigenvalue weighted by molar-refractivity contribution is 7.07. The smallest absolute Gasteiger partial charge is 0.254 e. The molecule has 156 valence electrons. The average Bonchev–Trinajstić information content (AvgIpc) is 3.25. The second kappa shape index (κ2) is 10.1. The molecule has 0 saturated heterocycles. The van der Waals surface area contributed by atoms with Crippen LogP contribution in [-0.4, -0.2) is 42.4 Å². The van der Waals surface area contributed by atoms with Crippen molar-refractivity contribution in [3.63, 3.8) is 0 Å². The van der Waals surface area contributed by atoms with E-state index in [-0.39, 0.29) is 18.4 Å². The highest BCUT2D eigenvalue weighted by atomic mass is 35.5. The molecule has 0 fully saturated rings. The van der Waals surface area contributed by atoms with Crippen LogP contribution in [0.2, 0.25) is 5.02 Å².